The van der Waals surface area contributed by atoms with Crippen LogP contribution in [0.25, 0.3) is 0 Å². The van der Waals surface area contributed by atoms with E-state index in [-0.39, 0.29) is 0 Å². The van der Waals surface area contributed by atoms with Gasteiger partial charge in [-0.1, -0.05) is 30.7 Å². The molecule has 2 fully saturated rings. The van der Waals surface area contributed by atoms with Gasteiger partial charge in [0, 0.05) is 30.0 Å². The van der Waals surface area contributed by atoms with Crippen LogP contribution in [-0.4, -0.2) is 29.6 Å². The largest absolute Gasteiger partial charge is 0.342 e. The minimum Gasteiger partial charge on any atom is -0.342 e. The molecule has 3 heteroatoms. The van der Waals surface area contributed by atoms with Crippen molar-refractivity contribution in [2.45, 2.75) is 37.9 Å². The molecule has 2 nitrogen and oxygen atoms in total. The molecule has 3 rings (SSSR count). The van der Waals surface area contributed by atoms with Gasteiger partial charge >= 0.3 is 0 Å². The number of rotatable bonds is 2. The minimum atomic E-state index is 0.343. The Morgan fingerprint density at radius 3 is 2.70 bits per heavy atom. The fourth-order valence-corrected chi connectivity index (χ4v) is 4.43. The number of aryl methyl sites for hydroxylation is 1. The molecule has 0 unspecified atom stereocenters. The Bertz CT molecular complexity index is 484. The Kier molecular flexibility index (Phi) is 4.35. The number of benzene rings is 1. The molecule has 2 aliphatic rings. The lowest BCUT2D eigenvalue weighted by molar-refractivity contribution is -0.137. The molecule has 1 aliphatic heterocycles. The Hall–Kier alpha value is -0.960. The van der Waals surface area contributed by atoms with Crippen LogP contribution >= 0.6 is 11.8 Å². The van der Waals surface area contributed by atoms with Crippen molar-refractivity contribution < 1.29 is 4.79 Å². The van der Waals surface area contributed by atoms with Crippen molar-refractivity contribution in [1.82, 2.24) is 4.90 Å². The molecular formula is C17H23NOS. The van der Waals surface area contributed by atoms with Crippen molar-refractivity contribution in [2.75, 3.05) is 18.8 Å². The van der Waals surface area contributed by atoms with E-state index in [0.29, 0.717) is 17.1 Å². The lowest BCUT2D eigenvalue weighted by Crippen LogP contribution is -2.40. The third-order valence-corrected chi connectivity index (χ3v) is 5.95. The fraction of sp³-hybridized carbons (Fsp3) is 0.588. The van der Waals surface area contributed by atoms with Crippen LogP contribution in [0.3, 0.4) is 0 Å². The zero-order valence-corrected chi connectivity index (χ0v) is 13.0. The second-order valence-electron chi connectivity index (χ2n) is 5.96. The molecule has 1 aromatic rings. The van der Waals surface area contributed by atoms with E-state index in [1.165, 1.54) is 17.5 Å². The van der Waals surface area contributed by atoms with Gasteiger partial charge in [-0.15, -0.1) is 0 Å². The van der Waals surface area contributed by atoms with Gasteiger partial charge in [-0.3, -0.25) is 4.79 Å². The van der Waals surface area contributed by atoms with Crippen molar-refractivity contribution in [3.63, 3.8) is 0 Å². The Morgan fingerprint density at radius 2 is 2.00 bits per heavy atom. The standard InChI is InChI=1S/C17H23NOS/c1-13-5-2-3-8-15(13)16-9-10-18(11-12-20-16)17(19)14-6-4-7-14/h2-3,5,8,14,16H,4,6-7,9-12H2,1H3/t16-/m1/s1. The lowest BCUT2D eigenvalue weighted by atomic mass is 9.84. The molecule has 1 atom stereocenters. The maximum absolute atomic E-state index is 12.4. The normalized spacial score (nSPS) is 24.1. The SMILES string of the molecule is Cc1ccccc1[C@H]1CCN(C(=O)C2CCC2)CCS1. The number of amides is 1. The molecule has 1 aromatic carbocycles. The van der Waals surface area contributed by atoms with Crippen LogP contribution in [0.5, 0.6) is 0 Å². The summed E-state index contributed by atoms with van der Waals surface area (Å²) in [6.07, 6.45) is 4.56. The first-order chi connectivity index (χ1) is 9.75. The summed E-state index contributed by atoms with van der Waals surface area (Å²) in [5.41, 5.74) is 2.83. The van der Waals surface area contributed by atoms with Gasteiger partial charge in [0.1, 0.15) is 0 Å². The van der Waals surface area contributed by atoms with Gasteiger partial charge < -0.3 is 4.90 Å². The molecule has 0 radical (unpaired) electrons. The first-order valence-corrected chi connectivity index (χ1v) is 8.76. The highest BCUT2D eigenvalue weighted by atomic mass is 32.2. The highest BCUT2D eigenvalue weighted by Crippen LogP contribution is 2.37. The van der Waals surface area contributed by atoms with Crippen molar-refractivity contribution in [1.29, 1.82) is 0 Å². The van der Waals surface area contributed by atoms with Crippen LogP contribution in [0.2, 0.25) is 0 Å². The molecule has 0 N–H and O–H groups in total. The van der Waals surface area contributed by atoms with Crippen molar-refractivity contribution >= 4 is 17.7 Å². The first-order valence-electron chi connectivity index (χ1n) is 7.71. The Balaban J connectivity index is 1.64. The van der Waals surface area contributed by atoms with Gasteiger partial charge in [0.15, 0.2) is 0 Å². The molecule has 20 heavy (non-hydrogen) atoms. The second kappa shape index (κ2) is 6.21. The van der Waals surface area contributed by atoms with Crippen LogP contribution in [0.15, 0.2) is 24.3 Å². The van der Waals surface area contributed by atoms with Crippen LogP contribution < -0.4 is 0 Å². The minimum absolute atomic E-state index is 0.343. The summed E-state index contributed by atoms with van der Waals surface area (Å²) in [6, 6.07) is 8.67. The molecule has 0 bridgehead atoms. The summed E-state index contributed by atoms with van der Waals surface area (Å²) in [5.74, 6) is 1.83. The topological polar surface area (TPSA) is 20.3 Å². The molecule has 0 aromatic heterocycles. The molecular weight excluding hydrogens is 266 g/mol. The second-order valence-corrected chi connectivity index (χ2v) is 7.27. The van der Waals surface area contributed by atoms with Crippen LogP contribution in [-0.2, 0) is 4.79 Å². The number of thioether (sulfide) groups is 1. The van der Waals surface area contributed by atoms with Crippen LogP contribution in [0.1, 0.15) is 42.1 Å². The van der Waals surface area contributed by atoms with E-state index in [0.717, 1.165) is 38.1 Å². The van der Waals surface area contributed by atoms with Crippen LogP contribution in [0, 0.1) is 12.8 Å². The molecule has 1 amide bonds. The van der Waals surface area contributed by atoms with E-state index in [1.807, 2.05) is 11.8 Å². The van der Waals surface area contributed by atoms with Gasteiger partial charge in [-0.05, 0) is 37.3 Å². The zero-order valence-electron chi connectivity index (χ0n) is 12.2. The highest BCUT2D eigenvalue weighted by molar-refractivity contribution is 7.99. The summed E-state index contributed by atoms with van der Waals surface area (Å²) in [6.45, 7) is 4.06. The number of nitrogens with zero attached hydrogens (tertiary/aromatic N) is 1. The maximum atomic E-state index is 12.4. The maximum Gasteiger partial charge on any atom is 0.225 e. The summed E-state index contributed by atoms with van der Waals surface area (Å²) in [7, 11) is 0. The number of carbonyl (C=O) groups excluding carboxylic acids is 1. The molecule has 1 saturated carbocycles. The fourth-order valence-electron chi connectivity index (χ4n) is 3.10. The van der Waals surface area contributed by atoms with Gasteiger partial charge in [0.2, 0.25) is 5.91 Å². The molecule has 108 valence electrons. The Morgan fingerprint density at radius 1 is 1.20 bits per heavy atom. The van der Waals surface area contributed by atoms with Crippen molar-refractivity contribution in [2.24, 2.45) is 5.92 Å². The summed E-state index contributed by atoms with van der Waals surface area (Å²) < 4.78 is 0. The van der Waals surface area contributed by atoms with E-state index < -0.39 is 0 Å². The van der Waals surface area contributed by atoms with Gasteiger partial charge in [-0.2, -0.15) is 11.8 Å². The van der Waals surface area contributed by atoms with Gasteiger partial charge in [0.25, 0.3) is 0 Å². The summed E-state index contributed by atoms with van der Waals surface area (Å²) in [4.78, 5) is 14.5. The zero-order chi connectivity index (χ0) is 13.9. The van der Waals surface area contributed by atoms with Crippen molar-refractivity contribution in [3.05, 3.63) is 35.4 Å². The number of carbonyl (C=O) groups is 1. The third-order valence-electron chi connectivity index (χ3n) is 4.64. The predicted octanol–water partition coefficient (Wildman–Crippen LogP) is 3.80. The number of hydrogen-bond acceptors (Lipinski definition) is 2. The molecule has 1 saturated heterocycles. The third kappa shape index (κ3) is 2.88. The number of hydrogen-bond donors (Lipinski definition) is 0. The monoisotopic (exact) mass is 289 g/mol. The molecule has 0 spiro atoms. The predicted molar refractivity (Wildman–Crippen MR) is 84.9 cm³/mol. The van der Waals surface area contributed by atoms with E-state index in [1.54, 1.807) is 0 Å². The summed E-state index contributed by atoms with van der Waals surface area (Å²) in [5, 5.41) is 0.551. The quantitative estimate of drug-likeness (QED) is 0.825. The Labute approximate surface area is 125 Å². The van der Waals surface area contributed by atoms with Crippen molar-refractivity contribution in [3.8, 4) is 0 Å². The van der Waals surface area contributed by atoms with E-state index in [9.17, 15) is 4.79 Å². The molecule has 1 heterocycles. The first kappa shape index (κ1) is 14.0. The van der Waals surface area contributed by atoms with Crippen LogP contribution in [0.4, 0.5) is 0 Å². The summed E-state index contributed by atoms with van der Waals surface area (Å²) >= 11 is 2.02. The average molecular weight is 289 g/mol. The van der Waals surface area contributed by atoms with Gasteiger partial charge in [0.05, 0.1) is 0 Å². The van der Waals surface area contributed by atoms with E-state index >= 15 is 0 Å². The molecule has 1 aliphatic carbocycles. The average Bonchev–Trinajstić information content (AvgIpc) is 2.63. The highest BCUT2D eigenvalue weighted by Gasteiger charge is 2.31. The smallest absolute Gasteiger partial charge is 0.225 e. The van der Waals surface area contributed by atoms with Gasteiger partial charge in [-0.25, -0.2) is 0 Å². The van der Waals surface area contributed by atoms with E-state index in [2.05, 4.69) is 36.1 Å². The lowest BCUT2D eigenvalue weighted by Gasteiger charge is -2.30. The van der Waals surface area contributed by atoms with E-state index in [4.69, 9.17) is 0 Å².